The van der Waals surface area contributed by atoms with Crippen LogP contribution in [0.2, 0.25) is 5.02 Å². The first-order valence-electron chi connectivity index (χ1n) is 10.8. The number of benzene rings is 2. The lowest BCUT2D eigenvalue weighted by Crippen LogP contribution is -2.32. The topological polar surface area (TPSA) is 73.7 Å². The van der Waals surface area contributed by atoms with Crippen LogP contribution in [0.1, 0.15) is 47.7 Å². The van der Waals surface area contributed by atoms with Gasteiger partial charge in [-0.3, -0.25) is 9.47 Å². The normalized spacial score (nSPS) is 15.4. The molecule has 34 heavy (non-hydrogen) atoms. The number of hydrogen-bond donors (Lipinski definition) is 0. The zero-order valence-corrected chi connectivity index (χ0v) is 20.7. The number of rotatable bonds is 6. The van der Waals surface area contributed by atoms with Gasteiger partial charge in [-0.25, -0.2) is 19.0 Å². The van der Waals surface area contributed by atoms with E-state index < -0.39 is 23.9 Å². The fraction of sp³-hybridized carbons (Fsp3) is 0.292. The van der Waals surface area contributed by atoms with Crippen LogP contribution < -0.4 is 0 Å². The van der Waals surface area contributed by atoms with Gasteiger partial charge in [0.2, 0.25) is 0 Å². The smallest absolute Gasteiger partial charge is 0.410 e. The maximum Gasteiger partial charge on any atom is 0.410 e. The second kappa shape index (κ2) is 10.6. The minimum Gasteiger partial charge on any atom is -0.461 e. The number of imidazole rings is 1. The summed E-state index contributed by atoms with van der Waals surface area (Å²) in [6.07, 6.45) is 0.748. The number of carbonyl (C=O) groups is 2. The summed E-state index contributed by atoms with van der Waals surface area (Å²) in [7, 11) is 0. The van der Waals surface area contributed by atoms with Gasteiger partial charge in [-0.1, -0.05) is 48.0 Å². The molecule has 1 aliphatic heterocycles. The molecule has 1 atom stereocenters. The Labute approximate surface area is 209 Å². The molecule has 10 heteroatoms. The van der Waals surface area contributed by atoms with Crippen LogP contribution in [-0.2, 0) is 16.1 Å². The molecule has 0 N–H and O–H groups in total. The quantitative estimate of drug-likeness (QED) is 0.348. The van der Waals surface area contributed by atoms with E-state index in [9.17, 15) is 9.59 Å². The van der Waals surface area contributed by atoms with Crippen LogP contribution in [-0.4, -0.2) is 39.7 Å². The van der Waals surface area contributed by atoms with Gasteiger partial charge < -0.3 is 9.47 Å². The summed E-state index contributed by atoms with van der Waals surface area (Å²) in [5, 5.41) is -0.0766. The number of halogens is 3. The molecular formula is C24H22BrClFN3O4. The van der Waals surface area contributed by atoms with E-state index in [1.54, 1.807) is 17.9 Å². The lowest BCUT2D eigenvalue weighted by molar-refractivity contribution is 0.0518. The Morgan fingerprint density at radius 3 is 2.68 bits per heavy atom. The van der Waals surface area contributed by atoms with Crippen molar-refractivity contribution in [2.45, 2.75) is 32.4 Å². The lowest BCUT2D eigenvalue weighted by Gasteiger charge is -2.24. The molecule has 1 aromatic heterocycles. The van der Waals surface area contributed by atoms with Crippen molar-refractivity contribution in [1.29, 1.82) is 0 Å². The zero-order chi connectivity index (χ0) is 24.2. The van der Waals surface area contributed by atoms with Gasteiger partial charge in [0.1, 0.15) is 17.0 Å². The van der Waals surface area contributed by atoms with E-state index in [2.05, 4.69) is 20.9 Å². The molecule has 2 heterocycles. The molecule has 1 aliphatic rings. The third kappa shape index (κ3) is 4.81. The van der Waals surface area contributed by atoms with E-state index in [1.165, 1.54) is 16.7 Å². The van der Waals surface area contributed by atoms with Crippen molar-refractivity contribution in [3.63, 3.8) is 0 Å². The van der Waals surface area contributed by atoms with Gasteiger partial charge in [0, 0.05) is 6.54 Å². The van der Waals surface area contributed by atoms with E-state index in [1.807, 2.05) is 30.3 Å². The first-order valence-corrected chi connectivity index (χ1v) is 12.0. The Balaban J connectivity index is 1.71. The molecule has 2 aromatic carbocycles. The van der Waals surface area contributed by atoms with Crippen molar-refractivity contribution in [2.24, 2.45) is 0 Å². The van der Waals surface area contributed by atoms with Crippen LogP contribution in [0.15, 0.2) is 53.1 Å². The van der Waals surface area contributed by atoms with Crippen LogP contribution in [0, 0.1) is 5.82 Å². The predicted molar refractivity (Wildman–Crippen MR) is 127 cm³/mol. The van der Waals surface area contributed by atoms with Crippen molar-refractivity contribution >= 4 is 39.6 Å². The minimum atomic E-state index is -0.671. The summed E-state index contributed by atoms with van der Waals surface area (Å²) in [5.41, 5.74) is 0.948. The first-order chi connectivity index (χ1) is 16.4. The monoisotopic (exact) mass is 549 g/mol. The third-order valence-corrected chi connectivity index (χ3v) is 6.50. The Morgan fingerprint density at radius 2 is 1.94 bits per heavy atom. The summed E-state index contributed by atoms with van der Waals surface area (Å²) in [5.74, 6) is -1.02. The Bertz CT molecular complexity index is 1200. The molecule has 1 fully saturated rings. The first kappa shape index (κ1) is 24.2. The molecular weight excluding hydrogens is 529 g/mol. The summed E-state index contributed by atoms with van der Waals surface area (Å²) in [6.45, 7) is 2.40. The Hall–Kier alpha value is -2.91. The van der Waals surface area contributed by atoms with Gasteiger partial charge in [-0.2, -0.15) is 0 Å². The number of hydrogen-bond acceptors (Lipinski definition) is 5. The molecule has 1 unspecified atom stereocenters. The van der Waals surface area contributed by atoms with Crippen LogP contribution in [0.3, 0.4) is 0 Å². The molecule has 0 aliphatic carbocycles. The van der Waals surface area contributed by atoms with Gasteiger partial charge in [-0.15, -0.1) is 0 Å². The highest BCUT2D eigenvalue weighted by Gasteiger charge is 2.37. The van der Waals surface area contributed by atoms with Crippen LogP contribution in [0.4, 0.5) is 9.18 Å². The SMILES string of the molecule is CCOC(=O)c1nc(C2CCCN2C(=O)OCc2ccccc2)n(-c2cccc(Cl)c2F)c1Br. The molecule has 3 aromatic rings. The average molecular weight is 551 g/mol. The summed E-state index contributed by atoms with van der Waals surface area (Å²) >= 11 is 9.41. The fourth-order valence-electron chi connectivity index (χ4n) is 3.92. The van der Waals surface area contributed by atoms with Crippen molar-refractivity contribution in [1.82, 2.24) is 14.5 Å². The van der Waals surface area contributed by atoms with Crippen molar-refractivity contribution in [3.8, 4) is 5.69 Å². The maximum absolute atomic E-state index is 15.0. The Morgan fingerprint density at radius 1 is 1.18 bits per heavy atom. The van der Waals surface area contributed by atoms with E-state index in [0.29, 0.717) is 25.2 Å². The highest BCUT2D eigenvalue weighted by atomic mass is 79.9. The summed E-state index contributed by atoms with van der Waals surface area (Å²) < 4.78 is 27.4. The molecule has 4 rings (SSSR count). The maximum atomic E-state index is 15.0. The lowest BCUT2D eigenvalue weighted by atomic mass is 10.2. The predicted octanol–water partition coefficient (Wildman–Crippen LogP) is 6.08. The number of likely N-dealkylation sites (tertiary alicyclic amines) is 1. The number of amides is 1. The Kier molecular flexibility index (Phi) is 7.53. The highest BCUT2D eigenvalue weighted by Crippen LogP contribution is 2.37. The molecule has 0 bridgehead atoms. The van der Waals surface area contributed by atoms with Crippen molar-refractivity contribution < 1.29 is 23.5 Å². The number of esters is 1. The minimum absolute atomic E-state index is 0.0132. The van der Waals surface area contributed by atoms with Crippen molar-refractivity contribution in [2.75, 3.05) is 13.2 Å². The molecule has 7 nitrogen and oxygen atoms in total. The van der Waals surface area contributed by atoms with Gasteiger partial charge >= 0.3 is 12.1 Å². The largest absolute Gasteiger partial charge is 0.461 e. The molecule has 0 radical (unpaired) electrons. The van der Waals surface area contributed by atoms with Gasteiger partial charge in [0.05, 0.1) is 23.4 Å². The van der Waals surface area contributed by atoms with E-state index >= 15 is 4.39 Å². The van der Waals surface area contributed by atoms with Crippen LogP contribution in [0.5, 0.6) is 0 Å². The zero-order valence-electron chi connectivity index (χ0n) is 18.3. The van der Waals surface area contributed by atoms with Gasteiger partial charge in [0.25, 0.3) is 0 Å². The third-order valence-electron chi connectivity index (χ3n) is 5.48. The highest BCUT2D eigenvalue weighted by molar-refractivity contribution is 9.10. The van der Waals surface area contributed by atoms with Crippen LogP contribution in [0.25, 0.3) is 5.69 Å². The molecule has 0 spiro atoms. The van der Waals surface area contributed by atoms with E-state index in [4.69, 9.17) is 21.1 Å². The van der Waals surface area contributed by atoms with Crippen molar-refractivity contribution in [3.05, 3.63) is 81.1 Å². The number of nitrogens with zero attached hydrogens (tertiary/aromatic N) is 3. The van der Waals surface area contributed by atoms with Gasteiger partial charge in [0.15, 0.2) is 11.5 Å². The second-order valence-corrected chi connectivity index (χ2v) is 8.79. The van der Waals surface area contributed by atoms with Gasteiger partial charge in [-0.05, 0) is 53.4 Å². The van der Waals surface area contributed by atoms with E-state index in [-0.39, 0.29) is 34.2 Å². The molecule has 0 saturated carbocycles. The second-order valence-electron chi connectivity index (χ2n) is 7.63. The number of aromatic nitrogens is 2. The fourth-order valence-corrected chi connectivity index (χ4v) is 4.71. The van der Waals surface area contributed by atoms with Crippen LogP contribution >= 0.6 is 27.5 Å². The van der Waals surface area contributed by atoms with E-state index in [0.717, 1.165) is 5.56 Å². The molecule has 1 amide bonds. The standard InChI is InChI=1S/C24H22BrClFN3O4/c1-2-33-23(31)20-21(25)30(17-11-6-10-16(26)19(17)27)22(28-20)18-12-7-13-29(18)24(32)34-14-15-8-4-3-5-9-15/h3-6,8-11,18H,2,7,12-14H2,1H3. The molecule has 1 saturated heterocycles. The number of carbonyl (C=O) groups excluding carboxylic acids is 2. The number of ether oxygens (including phenoxy) is 2. The summed E-state index contributed by atoms with van der Waals surface area (Å²) in [6, 6.07) is 13.4. The summed E-state index contributed by atoms with van der Waals surface area (Å²) in [4.78, 5) is 31.6. The molecule has 178 valence electrons. The average Bonchev–Trinajstić information content (AvgIpc) is 3.45.